The number of benzene rings is 1. The van der Waals surface area contributed by atoms with Gasteiger partial charge in [0, 0.05) is 25.1 Å². The molecular weight excluding hydrogens is 305 g/mol. The highest BCUT2D eigenvalue weighted by Gasteiger charge is 2.26. The number of nitrogen functional groups attached to an aromatic ring is 1. The lowest BCUT2D eigenvalue weighted by atomic mass is 10.3. The molecule has 0 fully saturated rings. The Kier molecular flexibility index (Phi) is 3.82. The van der Waals surface area contributed by atoms with Crippen LogP contribution in [0.2, 0.25) is 5.02 Å². The summed E-state index contributed by atoms with van der Waals surface area (Å²) < 4.78 is 39.7. The number of pyridine rings is 1. The molecule has 0 aliphatic rings. The second-order valence-electron chi connectivity index (χ2n) is 3.99. The number of nitrogens with zero attached hydrogens (tertiary/aromatic N) is 2. The molecule has 8 heteroatoms. The average Bonchev–Trinajstić information content (AvgIpc) is 2.42. The van der Waals surface area contributed by atoms with Crippen molar-refractivity contribution in [2.75, 3.05) is 17.1 Å². The summed E-state index contributed by atoms with van der Waals surface area (Å²) in [5, 5.41) is -0.341. The molecule has 5 nitrogen and oxygen atoms in total. The topological polar surface area (TPSA) is 76.3 Å². The average molecular weight is 316 g/mol. The van der Waals surface area contributed by atoms with Gasteiger partial charge in [0.05, 0.1) is 10.7 Å². The van der Waals surface area contributed by atoms with Crippen LogP contribution in [0, 0.1) is 5.82 Å². The van der Waals surface area contributed by atoms with Gasteiger partial charge in [0.2, 0.25) is 0 Å². The fraction of sp³-hybridized carbons (Fsp3) is 0.0833. The predicted molar refractivity (Wildman–Crippen MR) is 75.6 cm³/mol. The lowest BCUT2D eigenvalue weighted by Gasteiger charge is -2.20. The van der Waals surface area contributed by atoms with Gasteiger partial charge in [-0.3, -0.25) is 9.29 Å². The summed E-state index contributed by atoms with van der Waals surface area (Å²) in [5.74, 6) is -1.03. The molecule has 20 heavy (non-hydrogen) atoms. The molecule has 0 bridgehead atoms. The normalized spacial score (nSPS) is 11.3. The number of halogens is 2. The third-order valence-electron chi connectivity index (χ3n) is 2.68. The second-order valence-corrected chi connectivity index (χ2v) is 6.34. The van der Waals surface area contributed by atoms with Crippen LogP contribution in [-0.4, -0.2) is 20.4 Å². The maximum atomic E-state index is 13.9. The summed E-state index contributed by atoms with van der Waals surface area (Å²) in [6.07, 6.45) is 2.87. The van der Waals surface area contributed by atoms with E-state index in [2.05, 4.69) is 4.98 Å². The van der Waals surface area contributed by atoms with E-state index in [0.29, 0.717) is 5.69 Å². The SMILES string of the molecule is CN(c1ccncc1)S(=O)(=O)c1cc(N)cc(Cl)c1F. The van der Waals surface area contributed by atoms with Crippen LogP contribution in [-0.2, 0) is 10.0 Å². The number of hydrogen-bond donors (Lipinski definition) is 1. The van der Waals surface area contributed by atoms with Crippen LogP contribution in [0.1, 0.15) is 0 Å². The Bertz CT molecular complexity index is 738. The van der Waals surface area contributed by atoms with E-state index in [1.165, 1.54) is 31.6 Å². The molecule has 0 spiro atoms. The van der Waals surface area contributed by atoms with E-state index in [0.717, 1.165) is 16.4 Å². The first-order valence-electron chi connectivity index (χ1n) is 5.47. The van der Waals surface area contributed by atoms with Crippen LogP contribution >= 0.6 is 11.6 Å². The first kappa shape index (κ1) is 14.5. The molecule has 0 aliphatic carbocycles. The highest BCUT2D eigenvalue weighted by molar-refractivity contribution is 7.92. The second kappa shape index (κ2) is 5.26. The van der Waals surface area contributed by atoms with Gasteiger partial charge in [-0.2, -0.15) is 0 Å². The van der Waals surface area contributed by atoms with Gasteiger partial charge in [0.25, 0.3) is 10.0 Å². The Balaban J connectivity index is 2.57. The van der Waals surface area contributed by atoms with Gasteiger partial charge >= 0.3 is 0 Å². The Morgan fingerprint density at radius 1 is 1.30 bits per heavy atom. The molecule has 0 radical (unpaired) electrons. The minimum Gasteiger partial charge on any atom is -0.399 e. The maximum absolute atomic E-state index is 13.9. The van der Waals surface area contributed by atoms with Crippen LogP contribution in [0.25, 0.3) is 0 Å². The third kappa shape index (κ3) is 2.54. The third-order valence-corrected chi connectivity index (χ3v) is 4.74. The monoisotopic (exact) mass is 315 g/mol. The van der Waals surface area contributed by atoms with Crippen molar-refractivity contribution in [3.05, 3.63) is 47.5 Å². The van der Waals surface area contributed by atoms with Gasteiger partial charge in [-0.05, 0) is 24.3 Å². The van der Waals surface area contributed by atoms with Crippen molar-refractivity contribution in [2.45, 2.75) is 4.90 Å². The van der Waals surface area contributed by atoms with Gasteiger partial charge in [-0.25, -0.2) is 12.8 Å². The molecule has 0 unspecified atom stereocenters. The largest absolute Gasteiger partial charge is 0.399 e. The van der Waals surface area contributed by atoms with Crippen molar-refractivity contribution >= 4 is 33.0 Å². The number of anilines is 2. The Hall–Kier alpha value is -1.86. The molecule has 2 aromatic rings. The molecule has 0 saturated heterocycles. The van der Waals surface area contributed by atoms with E-state index < -0.39 is 20.7 Å². The summed E-state index contributed by atoms with van der Waals surface area (Å²) >= 11 is 5.63. The van der Waals surface area contributed by atoms with Gasteiger partial charge in [-0.1, -0.05) is 11.6 Å². The molecule has 2 N–H and O–H groups in total. The Morgan fingerprint density at radius 3 is 2.50 bits per heavy atom. The zero-order valence-corrected chi connectivity index (χ0v) is 12.0. The van der Waals surface area contributed by atoms with Crippen molar-refractivity contribution in [3.63, 3.8) is 0 Å². The Morgan fingerprint density at radius 2 is 1.90 bits per heavy atom. The Labute approximate surface area is 120 Å². The van der Waals surface area contributed by atoms with Crippen LogP contribution in [0.4, 0.5) is 15.8 Å². The number of aromatic nitrogens is 1. The zero-order chi connectivity index (χ0) is 14.9. The van der Waals surface area contributed by atoms with Crippen LogP contribution < -0.4 is 10.0 Å². The summed E-state index contributed by atoms with van der Waals surface area (Å²) in [5.41, 5.74) is 5.93. The summed E-state index contributed by atoms with van der Waals surface area (Å²) in [6.45, 7) is 0. The standard InChI is InChI=1S/C12H11ClFN3O2S/c1-17(9-2-4-16-5-3-9)20(18,19)11-7-8(15)6-10(13)12(11)14/h2-7H,15H2,1H3. The number of rotatable bonds is 3. The van der Waals surface area contributed by atoms with Crippen molar-refractivity contribution < 1.29 is 12.8 Å². The molecule has 1 aromatic heterocycles. The van der Waals surface area contributed by atoms with Crippen molar-refractivity contribution in [1.82, 2.24) is 4.98 Å². The van der Waals surface area contributed by atoms with Crippen molar-refractivity contribution in [3.8, 4) is 0 Å². The highest BCUT2D eigenvalue weighted by Crippen LogP contribution is 2.29. The fourth-order valence-electron chi connectivity index (χ4n) is 1.61. The molecule has 0 saturated carbocycles. The summed E-state index contributed by atoms with van der Waals surface area (Å²) in [6, 6.07) is 5.17. The van der Waals surface area contributed by atoms with E-state index in [1.54, 1.807) is 0 Å². The van der Waals surface area contributed by atoms with Crippen LogP contribution in [0.5, 0.6) is 0 Å². The number of sulfonamides is 1. The molecular formula is C12H11ClFN3O2S. The van der Waals surface area contributed by atoms with Gasteiger partial charge in [-0.15, -0.1) is 0 Å². The molecule has 0 aliphatic heterocycles. The smallest absolute Gasteiger partial charge is 0.267 e. The van der Waals surface area contributed by atoms with Crippen LogP contribution in [0.3, 0.4) is 0 Å². The molecule has 1 aromatic carbocycles. The lowest BCUT2D eigenvalue weighted by Crippen LogP contribution is -2.27. The lowest BCUT2D eigenvalue weighted by molar-refractivity contribution is 0.566. The molecule has 1 heterocycles. The summed E-state index contributed by atoms with van der Waals surface area (Å²) in [7, 11) is -2.79. The summed E-state index contributed by atoms with van der Waals surface area (Å²) in [4.78, 5) is 3.22. The fourth-order valence-corrected chi connectivity index (χ4v) is 3.21. The van der Waals surface area contributed by atoms with Gasteiger partial charge in [0.1, 0.15) is 4.90 Å². The zero-order valence-electron chi connectivity index (χ0n) is 10.4. The molecule has 0 amide bonds. The van der Waals surface area contributed by atoms with E-state index >= 15 is 0 Å². The quantitative estimate of drug-likeness (QED) is 0.882. The predicted octanol–water partition coefficient (Wildman–Crippen LogP) is 2.28. The first-order valence-corrected chi connectivity index (χ1v) is 7.29. The maximum Gasteiger partial charge on any atom is 0.267 e. The van der Waals surface area contributed by atoms with Crippen molar-refractivity contribution in [2.24, 2.45) is 0 Å². The molecule has 0 atom stereocenters. The molecule has 106 valence electrons. The van der Waals surface area contributed by atoms with Crippen LogP contribution in [0.15, 0.2) is 41.6 Å². The highest BCUT2D eigenvalue weighted by atomic mass is 35.5. The van der Waals surface area contributed by atoms with Crippen molar-refractivity contribution in [1.29, 1.82) is 0 Å². The number of nitrogens with two attached hydrogens (primary N) is 1. The minimum absolute atomic E-state index is 0.0677. The molecule has 2 rings (SSSR count). The first-order chi connectivity index (χ1) is 9.34. The van der Waals surface area contributed by atoms with E-state index in [1.807, 2.05) is 0 Å². The number of hydrogen-bond acceptors (Lipinski definition) is 4. The van der Waals surface area contributed by atoms with E-state index in [-0.39, 0.29) is 10.7 Å². The van der Waals surface area contributed by atoms with Gasteiger partial charge < -0.3 is 5.73 Å². The minimum atomic E-state index is -4.10. The van der Waals surface area contributed by atoms with E-state index in [4.69, 9.17) is 17.3 Å². The van der Waals surface area contributed by atoms with E-state index in [9.17, 15) is 12.8 Å². The van der Waals surface area contributed by atoms with Gasteiger partial charge in [0.15, 0.2) is 5.82 Å².